The van der Waals surface area contributed by atoms with Gasteiger partial charge in [-0.05, 0) is 61.5 Å². The van der Waals surface area contributed by atoms with E-state index < -0.39 is 0 Å². The Morgan fingerprint density at radius 3 is 2.88 bits per heavy atom. The van der Waals surface area contributed by atoms with Crippen LogP contribution in [-0.2, 0) is 13.0 Å². The summed E-state index contributed by atoms with van der Waals surface area (Å²) in [5.41, 5.74) is 5.31. The smallest absolute Gasteiger partial charge is 0.256 e. The highest BCUT2D eigenvalue weighted by atomic mass is 16.2. The fraction of sp³-hybridized carbons (Fsp3) is 0.407. The zero-order valence-corrected chi connectivity index (χ0v) is 18.5. The summed E-state index contributed by atoms with van der Waals surface area (Å²) in [5, 5.41) is 4.75. The predicted molar refractivity (Wildman–Crippen MR) is 128 cm³/mol. The Balaban J connectivity index is 1.18. The monoisotopic (exact) mass is 426 g/mol. The first kappa shape index (κ1) is 19.7. The Bertz CT molecular complexity index is 1150. The lowest BCUT2D eigenvalue weighted by molar-refractivity contribution is 0.0780. The third kappa shape index (κ3) is 3.55. The number of benzene rings is 2. The number of nitrogens with one attached hydrogen (secondary N) is 1. The molecular formula is C27H30N4O. The number of carbonyl (C=O) groups is 1. The molecule has 0 bridgehead atoms. The number of hydrogen-bond donors (Lipinski definition) is 1. The molecule has 4 heterocycles. The van der Waals surface area contributed by atoms with Crippen LogP contribution in [0.25, 0.3) is 10.9 Å². The van der Waals surface area contributed by atoms with Crippen molar-refractivity contribution in [3.05, 3.63) is 71.4 Å². The van der Waals surface area contributed by atoms with Crippen LogP contribution in [0.4, 0.5) is 5.69 Å². The van der Waals surface area contributed by atoms with Crippen LogP contribution < -0.4 is 10.2 Å². The SMILES string of the molecule is O=C1c2c(cccc2N2C[C@H]3CCCNC[C@H]3C2)CN1CCc1ccc2ccccc2n1. The minimum Gasteiger partial charge on any atom is -0.370 e. The van der Waals surface area contributed by atoms with Crippen LogP contribution >= 0.6 is 0 Å². The molecule has 3 aliphatic heterocycles. The van der Waals surface area contributed by atoms with Crippen molar-refractivity contribution in [1.82, 2.24) is 15.2 Å². The van der Waals surface area contributed by atoms with Crippen LogP contribution in [0.1, 0.15) is 34.5 Å². The topological polar surface area (TPSA) is 48.5 Å². The molecule has 2 fully saturated rings. The van der Waals surface area contributed by atoms with Gasteiger partial charge in [0.15, 0.2) is 0 Å². The van der Waals surface area contributed by atoms with Crippen molar-refractivity contribution in [2.45, 2.75) is 25.8 Å². The third-order valence-corrected chi connectivity index (χ3v) is 7.54. The van der Waals surface area contributed by atoms with Crippen molar-refractivity contribution in [3.8, 4) is 0 Å². The number of fused-ring (bicyclic) bond motifs is 3. The zero-order valence-electron chi connectivity index (χ0n) is 18.5. The van der Waals surface area contributed by atoms with Crippen molar-refractivity contribution in [3.63, 3.8) is 0 Å². The van der Waals surface area contributed by atoms with Crippen molar-refractivity contribution in [2.24, 2.45) is 11.8 Å². The van der Waals surface area contributed by atoms with Crippen molar-refractivity contribution in [2.75, 3.05) is 37.6 Å². The maximum atomic E-state index is 13.4. The van der Waals surface area contributed by atoms with E-state index in [9.17, 15) is 4.79 Å². The summed E-state index contributed by atoms with van der Waals surface area (Å²) in [7, 11) is 0. The first-order valence-corrected chi connectivity index (χ1v) is 12.0. The van der Waals surface area contributed by atoms with Crippen molar-refractivity contribution < 1.29 is 4.79 Å². The van der Waals surface area contributed by atoms with Gasteiger partial charge in [-0.15, -0.1) is 0 Å². The molecule has 3 aromatic rings. The molecule has 2 saturated heterocycles. The van der Waals surface area contributed by atoms with E-state index in [1.165, 1.54) is 18.4 Å². The van der Waals surface area contributed by atoms with Gasteiger partial charge in [-0.2, -0.15) is 0 Å². The van der Waals surface area contributed by atoms with Gasteiger partial charge in [-0.3, -0.25) is 9.78 Å². The number of hydrogen-bond acceptors (Lipinski definition) is 4. The summed E-state index contributed by atoms with van der Waals surface area (Å²) in [6, 6.07) is 18.8. The minimum atomic E-state index is 0.182. The van der Waals surface area contributed by atoms with E-state index >= 15 is 0 Å². The molecule has 5 nitrogen and oxygen atoms in total. The van der Waals surface area contributed by atoms with E-state index in [2.05, 4.69) is 46.6 Å². The number of amides is 1. The number of para-hydroxylation sites is 1. The number of rotatable bonds is 4. The second-order valence-electron chi connectivity index (χ2n) is 9.55. The summed E-state index contributed by atoms with van der Waals surface area (Å²) in [6.45, 7) is 5.80. The molecular weight excluding hydrogens is 396 g/mol. The molecule has 0 unspecified atom stereocenters. The van der Waals surface area contributed by atoms with Crippen LogP contribution in [0.2, 0.25) is 0 Å². The number of nitrogens with zero attached hydrogens (tertiary/aromatic N) is 3. The molecule has 1 amide bonds. The second kappa shape index (κ2) is 8.21. The molecule has 0 spiro atoms. The molecule has 0 saturated carbocycles. The summed E-state index contributed by atoms with van der Waals surface area (Å²) < 4.78 is 0. The third-order valence-electron chi connectivity index (χ3n) is 7.54. The average Bonchev–Trinajstić information content (AvgIpc) is 3.30. The number of anilines is 1. The van der Waals surface area contributed by atoms with E-state index in [0.717, 1.165) is 66.4 Å². The van der Waals surface area contributed by atoms with Crippen LogP contribution in [-0.4, -0.2) is 48.5 Å². The minimum absolute atomic E-state index is 0.182. The summed E-state index contributed by atoms with van der Waals surface area (Å²) in [5.74, 6) is 1.62. The Morgan fingerprint density at radius 2 is 1.91 bits per heavy atom. The molecule has 1 aromatic heterocycles. The van der Waals surface area contributed by atoms with Gasteiger partial charge in [-0.1, -0.05) is 36.4 Å². The Hall–Kier alpha value is -2.92. The largest absolute Gasteiger partial charge is 0.370 e. The van der Waals surface area contributed by atoms with Gasteiger partial charge in [0.1, 0.15) is 0 Å². The average molecular weight is 427 g/mol. The predicted octanol–water partition coefficient (Wildman–Crippen LogP) is 3.87. The van der Waals surface area contributed by atoms with Gasteiger partial charge in [0.2, 0.25) is 0 Å². The lowest BCUT2D eigenvalue weighted by atomic mass is 9.93. The zero-order chi connectivity index (χ0) is 21.5. The molecule has 6 rings (SSSR count). The lowest BCUT2D eigenvalue weighted by Gasteiger charge is -2.22. The molecule has 2 aromatic carbocycles. The molecule has 32 heavy (non-hydrogen) atoms. The van der Waals surface area contributed by atoms with Gasteiger partial charge in [0.05, 0.1) is 11.1 Å². The summed E-state index contributed by atoms with van der Waals surface area (Å²) >= 11 is 0. The maximum absolute atomic E-state index is 13.4. The molecule has 0 radical (unpaired) electrons. The Morgan fingerprint density at radius 1 is 1.00 bits per heavy atom. The fourth-order valence-corrected chi connectivity index (χ4v) is 5.81. The Kier molecular flexibility index (Phi) is 5.07. The van der Waals surface area contributed by atoms with E-state index in [4.69, 9.17) is 4.98 Å². The maximum Gasteiger partial charge on any atom is 0.256 e. The lowest BCUT2D eigenvalue weighted by Crippen LogP contribution is -2.29. The highest BCUT2D eigenvalue weighted by molar-refractivity contribution is 6.03. The molecule has 5 heteroatoms. The Labute approximate surface area is 189 Å². The van der Waals surface area contributed by atoms with E-state index in [-0.39, 0.29) is 5.91 Å². The highest BCUT2D eigenvalue weighted by Crippen LogP contribution is 2.37. The van der Waals surface area contributed by atoms with Crippen LogP contribution in [0, 0.1) is 11.8 Å². The van der Waals surface area contributed by atoms with Crippen molar-refractivity contribution >= 4 is 22.5 Å². The number of carbonyl (C=O) groups excluding carboxylic acids is 1. The summed E-state index contributed by atoms with van der Waals surface area (Å²) in [4.78, 5) is 22.7. The van der Waals surface area contributed by atoms with Crippen LogP contribution in [0.3, 0.4) is 0 Å². The second-order valence-corrected chi connectivity index (χ2v) is 9.55. The first-order chi connectivity index (χ1) is 15.8. The van der Waals surface area contributed by atoms with E-state index in [1.54, 1.807) is 0 Å². The normalized spacial score (nSPS) is 22.8. The van der Waals surface area contributed by atoms with Gasteiger partial charge >= 0.3 is 0 Å². The standard InChI is InChI=1S/C27H30N4O/c32-27-26-21(6-3-9-25(26)31-16-20-7-4-13-28-15-22(20)18-31)17-30(27)14-12-23-11-10-19-5-1-2-8-24(19)29-23/h1-3,5-6,8-11,20,22,28H,4,7,12-18H2/t20-,22+/m1/s1. The van der Waals surface area contributed by atoms with Gasteiger partial charge in [0, 0.05) is 49.4 Å². The molecule has 3 aliphatic rings. The van der Waals surface area contributed by atoms with E-state index in [0.29, 0.717) is 19.0 Å². The fourth-order valence-electron chi connectivity index (χ4n) is 5.81. The van der Waals surface area contributed by atoms with E-state index in [1.807, 2.05) is 23.1 Å². The van der Waals surface area contributed by atoms with Gasteiger partial charge in [-0.25, -0.2) is 0 Å². The first-order valence-electron chi connectivity index (χ1n) is 12.0. The van der Waals surface area contributed by atoms with Gasteiger partial charge < -0.3 is 15.1 Å². The van der Waals surface area contributed by atoms with Crippen LogP contribution in [0.15, 0.2) is 54.6 Å². The highest BCUT2D eigenvalue weighted by Gasteiger charge is 2.37. The number of pyridine rings is 1. The molecule has 1 N–H and O–H groups in total. The van der Waals surface area contributed by atoms with Gasteiger partial charge in [0.25, 0.3) is 5.91 Å². The molecule has 2 atom stereocenters. The quantitative estimate of drug-likeness (QED) is 0.688. The summed E-state index contributed by atoms with van der Waals surface area (Å²) in [6.07, 6.45) is 3.33. The molecule has 0 aliphatic carbocycles. The van der Waals surface area contributed by atoms with Crippen LogP contribution in [0.5, 0.6) is 0 Å². The number of aromatic nitrogens is 1. The van der Waals surface area contributed by atoms with Crippen molar-refractivity contribution in [1.29, 1.82) is 0 Å². The molecule has 164 valence electrons.